The molecule has 1 aromatic carbocycles. The number of fused-ring (bicyclic) bond motifs is 1. The van der Waals surface area contributed by atoms with E-state index in [4.69, 9.17) is 23.2 Å². The third kappa shape index (κ3) is 2.18. The molecular formula is C14H12Cl2N2. The molecule has 1 heterocycles. The van der Waals surface area contributed by atoms with E-state index in [0.29, 0.717) is 10.0 Å². The van der Waals surface area contributed by atoms with Crippen LogP contribution in [0, 0.1) is 0 Å². The summed E-state index contributed by atoms with van der Waals surface area (Å²) in [5.41, 5.74) is 3.30. The second kappa shape index (κ2) is 4.79. The van der Waals surface area contributed by atoms with Crippen molar-refractivity contribution in [2.45, 2.75) is 18.9 Å². The molecule has 4 heteroatoms. The number of nitrogens with zero attached hydrogens (tertiary/aromatic N) is 1. The molecular weight excluding hydrogens is 267 g/mol. The predicted molar refractivity (Wildman–Crippen MR) is 75.4 cm³/mol. The first-order valence-electron chi connectivity index (χ1n) is 5.89. The summed E-state index contributed by atoms with van der Waals surface area (Å²) in [6.07, 6.45) is 3.92. The Hall–Kier alpha value is -1.25. The van der Waals surface area contributed by atoms with Crippen molar-refractivity contribution < 1.29 is 0 Å². The van der Waals surface area contributed by atoms with Gasteiger partial charge in [0.2, 0.25) is 0 Å². The highest BCUT2D eigenvalue weighted by Crippen LogP contribution is 2.35. The summed E-state index contributed by atoms with van der Waals surface area (Å²) in [6.45, 7) is 0. The number of pyridine rings is 1. The second-order valence-corrected chi connectivity index (χ2v) is 5.25. The topological polar surface area (TPSA) is 24.9 Å². The van der Waals surface area contributed by atoms with Crippen molar-refractivity contribution >= 4 is 28.9 Å². The molecule has 0 saturated carbocycles. The monoisotopic (exact) mass is 278 g/mol. The number of nitrogens with one attached hydrogen (secondary N) is 1. The molecule has 3 rings (SSSR count). The second-order valence-electron chi connectivity index (χ2n) is 4.41. The van der Waals surface area contributed by atoms with Gasteiger partial charge in [0.1, 0.15) is 0 Å². The van der Waals surface area contributed by atoms with E-state index in [0.717, 1.165) is 24.2 Å². The lowest BCUT2D eigenvalue weighted by atomic mass is 10.2. The van der Waals surface area contributed by atoms with Gasteiger partial charge in [-0.2, -0.15) is 0 Å². The molecule has 1 aliphatic rings. The number of aromatic nitrogens is 1. The zero-order valence-corrected chi connectivity index (χ0v) is 11.2. The maximum absolute atomic E-state index is 6.16. The van der Waals surface area contributed by atoms with Crippen molar-refractivity contribution in [1.82, 2.24) is 4.98 Å². The summed E-state index contributed by atoms with van der Waals surface area (Å²) in [5, 5.41) is 4.79. The van der Waals surface area contributed by atoms with Gasteiger partial charge in [-0.05, 0) is 42.7 Å². The fourth-order valence-corrected chi connectivity index (χ4v) is 2.69. The van der Waals surface area contributed by atoms with Crippen LogP contribution >= 0.6 is 23.2 Å². The molecule has 1 unspecified atom stereocenters. The van der Waals surface area contributed by atoms with Gasteiger partial charge in [0.15, 0.2) is 0 Å². The van der Waals surface area contributed by atoms with Crippen LogP contribution in [0.2, 0.25) is 10.0 Å². The summed E-state index contributed by atoms with van der Waals surface area (Å²) in [5.74, 6) is 0. The van der Waals surface area contributed by atoms with Gasteiger partial charge in [-0.1, -0.05) is 29.3 Å². The summed E-state index contributed by atoms with van der Waals surface area (Å²) < 4.78 is 0. The minimum Gasteiger partial charge on any atom is -0.375 e. The maximum atomic E-state index is 6.16. The number of hydrogen-bond acceptors (Lipinski definition) is 2. The molecule has 0 aliphatic heterocycles. The minimum atomic E-state index is 0.220. The van der Waals surface area contributed by atoms with E-state index >= 15 is 0 Å². The quantitative estimate of drug-likeness (QED) is 0.876. The standard InChI is InChI=1S/C14H12Cl2N2/c15-10-4-5-11(16)13(8-10)18-12-6-3-9-2-1-7-17-14(9)12/h1-2,4-5,7-8,12,18H,3,6H2. The number of halogens is 2. The summed E-state index contributed by atoms with van der Waals surface area (Å²) in [7, 11) is 0. The van der Waals surface area contributed by atoms with Gasteiger partial charge in [-0.25, -0.2) is 0 Å². The Balaban J connectivity index is 1.88. The van der Waals surface area contributed by atoms with Crippen molar-refractivity contribution in [2.75, 3.05) is 5.32 Å². The predicted octanol–water partition coefficient (Wildman–Crippen LogP) is 4.49. The van der Waals surface area contributed by atoms with Crippen molar-refractivity contribution in [1.29, 1.82) is 0 Å². The van der Waals surface area contributed by atoms with Crippen LogP contribution < -0.4 is 5.32 Å². The third-order valence-electron chi connectivity index (χ3n) is 3.22. The van der Waals surface area contributed by atoms with Gasteiger partial charge >= 0.3 is 0 Å². The molecule has 2 nitrogen and oxygen atoms in total. The summed E-state index contributed by atoms with van der Waals surface area (Å²) in [4.78, 5) is 4.45. The number of aryl methyl sites for hydroxylation is 1. The highest BCUT2D eigenvalue weighted by Gasteiger charge is 2.23. The fourth-order valence-electron chi connectivity index (χ4n) is 2.35. The van der Waals surface area contributed by atoms with Crippen molar-refractivity contribution in [3.8, 4) is 0 Å². The van der Waals surface area contributed by atoms with Gasteiger partial charge in [0.05, 0.1) is 22.4 Å². The lowest BCUT2D eigenvalue weighted by Crippen LogP contribution is -2.08. The van der Waals surface area contributed by atoms with Crippen LogP contribution in [0.4, 0.5) is 5.69 Å². The highest BCUT2D eigenvalue weighted by molar-refractivity contribution is 6.35. The smallest absolute Gasteiger partial charge is 0.0691 e. The molecule has 0 radical (unpaired) electrons. The molecule has 0 fully saturated rings. The van der Waals surface area contributed by atoms with Gasteiger partial charge in [-0.3, -0.25) is 4.98 Å². The van der Waals surface area contributed by atoms with Gasteiger partial charge in [0, 0.05) is 11.2 Å². The molecule has 92 valence electrons. The SMILES string of the molecule is Clc1ccc(Cl)c(NC2CCc3cccnc32)c1. The molecule has 1 atom stereocenters. The maximum Gasteiger partial charge on any atom is 0.0691 e. The van der Waals surface area contributed by atoms with Crippen LogP contribution in [-0.4, -0.2) is 4.98 Å². The van der Waals surface area contributed by atoms with E-state index in [1.54, 1.807) is 12.1 Å². The molecule has 0 spiro atoms. The van der Waals surface area contributed by atoms with Gasteiger partial charge in [0.25, 0.3) is 0 Å². The Morgan fingerprint density at radius 3 is 3.00 bits per heavy atom. The third-order valence-corrected chi connectivity index (χ3v) is 3.78. The average Bonchev–Trinajstić information content (AvgIpc) is 2.78. The van der Waals surface area contributed by atoms with Gasteiger partial charge in [-0.15, -0.1) is 0 Å². The molecule has 0 saturated heterocycles. The van der Waals surface area contributed by atoms with E-state index in [-0.39, 0.29) is 6.04 Å². The first-order chi connectivity index (χ1) is 8.74. The Labute approximate surface area is 116 Å². The number of anilines is 1. The highest BCUT2D eigenvalue weighted by atomic mass is 35.5. The first kappa shape index (κ1) is 11.8. The summed E-state index contributed by atoms with van der Waals surface area (Å²) in [6, 6.07) is 9.77. The number of hydrogen-bond donors (Lipinski definition) is 1. The van der Waals surface area contributed by atoms with Gasteiger partial charge < -0.3 is 5.32 Å². The normalized spacial score (nSPS) is 17.6. The van der Waals surface area contributed by atoms with E-state index < -0.39 is 0 Å². The molecule has 0 bridgehead atoms. The Morgan fingerprint density at radius 1 is 1.22 bits per heavy atom. The molecule has 1 aliphatic carbocycles. The van der Waals surface area contributed by atoms with Crippen LogP contribution in [0.5, 0.6) is 0 Å². The van der Waals surface area contributed by atoms with E-state index in [1.807, 2.05) is 18.3 Å². The van der Waals surface area contributed by atoms with E-state index in [2.05, 4.69) is 16.4 Å². The van der Waals surface area contributed by atoms with Crippen molar-refractivity contribution in [2.24, 2.45) is 0 Å². The molecule has 18 heavy (non-hydrogen) atoms. The van der Waals surface area contributed by atoms with Crippen LogP contribution in [0.1, 0.15) is 23.7 Å². The van der Waals surface area contributed by atoms with Crippen LogP contribution in [0.15, 0.2) is 36.5 Å². The van der Waals surface area contributed by atoms with Crippen LogP contribution in [0.3, 0.4) is 0 Å². The Morgan fingerprint density at radius 2 is 2.11 bits per heavy atom. The zero-order chi connectivity index (χ0) is 12.5. The van der Waals surface area contributed by atoms with Crippen molar-refractivity contribution in [3.05, 3.63) is 57.8 Å². The van der Waals surface area contributed by atoms with E-state index in [9.17, 15) is 0 Å². The first-order valence-corrected chi connectivity index (χ1v) is 6.65. The lowest BCUT2D eigenvalue weighted by Gasteiger charge is -2.16. The Kier molecular flexibility index (Phi) is 3.14. The van der Waals surface area contributed by atoms with E-state index in [1.165, 1.54) is 5.56 Å². The average molecular weight is 279 g/mol. The number of rotatable bonds is 2. The molecule has 1 N–H and O–H groups in total. The zero-order valence-electron chi connectivity index (χ0n) is 9.66. The van der Waals surface area contributed by atoms with Crippen LogP contribution in [-0.2, 0) is 6.42 Å². The largest absolute Gasteiger partial charge is 0.375 e. The summed E-state index contributed by atoms with van der Waals surface area (Å²) >= 11 is 12.1. The lowest BCUT2D eigenvalue weighted by molar-refractivity contribution is 0.746. The molecule has 2 aromatic rings. The Bertz CT molecular complexity index is 584. The fraction of sp³-hybridized carbons (Fsp3) is 0.214. The van der Waals surface area contributed by atoms with Crippen molar-refractivity contribution in [3.63, 3.8) is 0 Å². The number of benzene rings is 1. The van der Waals surface area contributed by atoms with Crippen LogP contribution in [0.25, 0.3) is 0 Å². The molecule has 0 amide bonds. The molecule has 1 aromatic heterocycles. The minimum absolute atomic E-state index is 0.220.